The van der Waals surface area contributed by atoms with Crippen LogP contribution in [-0.2, 0) is 0 Å². The van der Waals surface area contributed by atoms with E-state index >= 15 is 0 Å². The van der Waals surface area contributed by atoms with Gasteiger partial charge >= 0.3 is 0 Å². The summed E-state index contributed by atoms with van der Waals surface area (Å²) in [5.41, 5.74) is 2.27. The number of pyridine rings is 1. The smallest absolute Gasteiger partial charge is 0.128 e. The molecule has 1 saturated carbocycles. The summed E-state index contributed by atoms with van der Waals surface area (Å²) in [7, 11) is 4.19. The molecule has 5 nitrogen and oxygen atoms in total. The number of hydrogen-bond acceptors (Lipinski definition) is 5. The Morgan fingerprint density at radius 2 is 1.72 bits per heavy atom. The SMILES string of the molecule is CN(C)c1cc(N[C@H]2CC[C@@H](CNCCCOc3ccccc3)CC2)nc2ccccc12. The van der Waals surface area contributed by atoms with Crippen molar-refractivity contribution in [3.63, 3.8) is 0 Å². The molecule has 0 bridgehead atoms. The Hall–Kier alpha value is -2.79. The largest absolute Gasteiger partial charge is 0.494 e. The molecule has 0 amide bonds. The molecular formula is C27H36N4O. The third-order valence-electron chi connectivity index (χ3n) is 6.32. The van der Waals surface area contributed by atoms with Crippen molar-refractivity contribution >= 4 is 22.4 Å². The monoisotopic (exact) mass is 432 g/mol. The first-order chi connectivity index (χ1) is 15.7. The standard InChI is InChI=1S/C27H36N4O/c1-31(2)26-19-27(30-25-12-7-6-11-24(25)26)29-22-15-13-21(14-16-22)20-28-17-8-18-32-23-9-4-3-5-10-23/h3-7,9-12,19,21-22,28H,8,13-18,20H2,1-2H3,(H,29,30)/t21-,22+. The molecular weight excluding hydrogens is 396 g/mol. The number of aromatic nitrogens is 1. The molecule has 0 atom stereocenters. The molecule has 2 aromatic carbocycles. The molecule has 1 aliphatic rings. The van der Waals surface area contributed by atoms with Crippen molar-refractivity contribution in [3.8, 4) is 5.75 Å². The summed E-state index contributed by atoms with van der Waals surface area (Å²) >= 11 is 0. The summed E-state index contributed by atoms with van der Waals surface area (Å²) in [5.74, 6) is 2.72. The fraction of sp³-hybridized carbons (Fsp3) is 0.444. The van der Waals surface area contributed by atoms with Gasteiger partial charge in [0.2, 0.25) is 0 Å². The topological polar surface area (TPSA) is 49.4 Å². The van der Waals surface area contributed by atoms with Gasteiger partial charge < -0.3 is 20.3 Å². The van der Waals surface area contributed by atoms with Crippen LogP contribution in [0.5, 0.6) is 5.75 Å². The lowest BCUT2D eigenvalue weighted by Crippen LogP contribution is -2.32. The van der Waals surface area contributed by atoms with E-state index in [0.717, 1.165) is 49.1 Å². The van der Waals surface area contributed by atoms with Gasteiger partial charge in [-0.3, -0.25) is 0 Å². The zero-order valence-corrected chi connectivity index (χ0v) is 19.4. The Bertz CT molecular complexity index is 968. The molecule has 1 heterocycles. The maximum atomic E-state index is 5.76. The second-order valence-electron chi connectivity index (χ2n) is 9.02. The number of rotatable bonds is 10. The van der Waals surface area contributed by atoms with Gasteiger partial charge in [-0.2, -0.15) is 0 Å². The van der Waals surface area contributed by atoms with Gasteiger partial charge in [0.15, 0.2) is 0 Å². The van der Waals surface area contributed by atoms with Crippen molar-refractivity contribution in [1.29, 1.82) is 0 Å². The minimum atomic E-state index is 0.509. The number of nitrogens with one attached hydrogen (secondary N) is 2. The number of fused-ring (bicyclic) bond motifs is 1. The van der Waals surface area contributed by atoms with Crippen LogP contribution in [0.25, 0.3) is 10.9 Å². The molecule has 3 aromatic rings. The molecule has 170 valence electrons. The van der Waals surface area contributed by atoms with Crippen molar-refractivity contribution in [3.05, 3.63) is 60.7 Å². The number of hydrogen-bond donors (Lipinski definition) is 2. The van der Waals surface area contributed by atoms with Crippen molar-refractivity contribution in [2.45, 2.75) is 38.1 Å². The highest BCUT2D eigenvalue weighted by atomic mass is 16.5. The molecule has 4 rings (SSSR count). The maximum Gasteiger partial charge on any atom is 0.128 e. The third kappa shape index (κ3) is 6.13. The molecule has 0 spiro atoms. The van der Waals surface area contributed by atoms with Crippen LogP contribution >= 0.6 is 0 Å². The number of para-hydroxylation sites is 2. The van der Waals surface area contributed by atoms with Gasteiger partial charge in [-0.05, 0) is 69.3 Å². The second-order valence-corrected chi connectivity index (χ2v) is 9.02. The summed E-state index contributed by atoms with van der Waals surface area (Å²) in [6.45, 7) is 2.89. The minimum Gasteiger partial charge on any atom is -0.494 e. The number of benzene rings is 2. The fourth-order valence-electron chi connectivity index (χ4n) is 4.53. The zero-order valence-electron chi connectivity index (χ0n) is 19.4. The van der Waals surface area contributed by atoms with Crippen LogP contribution in [0.3, 0.4) is 0 Å². The minimum absolute atomic E-state index is 0.509. The van der Waals surface area contributed by atoms with E-state index in [-0.39, 0.29) is 0 Å². The molecule has 5 heteroatoms. The van der Waals surface area contributed by atoms with Gasteiger partial charge in [0, 0.05) is 37.3 Å². The maximum absolute atomic E-state index is 5.76. The highest BCUT2D eigenvalue weighted by Crippen LogP contribution is 2.30. The van der Waals surface area contributed by atoms with E-state index in [1.807, 2.05) is 30.3 Å². The van der Waals surface area contributed by atoms with Gasteiger partial charge in [0.1, 0.15) is 11.6 Å². The van der Waals surface area contributed by atoms with Crippen molar-refractivity contribution in [1.82, 2.24) is 10.3 Å². The fourth-order valence-corrected chi connectivity index (χ4v) is 4.53. The summed E-state index contributed by atoms with van der Waals surface area (Å²) in [6, 6.07) is 21.1. The van der Waals surface area contributed by atoms with Crippen LogP contribution in [0.15, 0.2) is 60.7 Å². The Kier molecular flexibility index (Phi) is 7.83. The Morgan fingerprint density at radius 3 is 2.50 bits per heavy atom. The lowest BCUT2D eigenvalue weighted by molar-refractivity contribution is 0.296. The van der Waals surface area contributed by atoms with E-state index in [0.29, 0.717) is 6.04 Å². The number of nitrogens with zero attached hydrogens (tertiary/aromatic N) is 2. The molecule has 1 aromatic heterocycles. The Morgan fingerprint density at radius 1 is 0.969 bits per heavy atom. The first-order valence-corrected chi connectivity index (χ1v) is 11.9. The van der Waals surface area contributed by atoms with Crippen LogP contribution in [0.4, 0.5) is 11.5 Å². The lowest BCUT2D eigenvalue weighted by atomic mass is 9.86. The first-order valence-electron chi connectivity index (χ1n) is 11.9. The van der Waals surface area contributed by atoms with Gasteiger partial charge in [-0.15, -0.1) is 0 Å². The molecule has 1 aliphatic carbocycles. The second kappa shape index (κ2) is 11.2. The molecule has 32 heavy (non-hydrogen) atoms. The van der Waals surface area contributed by atoms with E-state index in [4.69, 9.17) is 9.72 Å². The summed E-state index contributed by atoms with van der Waals surface area (Å²) in [5, 5.41) is 8.54. The quantitative estimate of drug-likeness (QED) is 0.424. The predicted octanol–water partition coefficient (Wildman–Crippen LogP) is 5.33. The molecule has 2 N–H and O–H groups in total. The highest BCUT2D eigenvalue weighted by molar-refractivity contribution is 5.93. The molecule has 0 radical (unpaired) electrons. The summed E-state index contributed by atoms with van der Waals surface area (Å²) < 4.78 is 5.76. The third-order valence-corrected chi connectivity index (χ3v) is 6.32. The zero-order chi connectivity index (χ0) is 22.2. The van der Waals surface area contributed by atoms with Crippen LogP contribution in [-0.4, -0.2) is 44.8 Å². The first kappa shape index (κ1) is 22.4. The Balaban J connectivity index is 1.17. The van der Waals surface area contributed by atoms with Crippen LogP contribution in [0, 0.1) is 5.92 Å². The highest BCUT2D eigenvalue weighted by Gasteiger charge is 2.21. The van der Waals surface area contributed by atoms with Crippen molar-refractivity contribution < 1.29 is 4.74 Å². The van der Waals surface area contributed by atoms with Crippen LogP contribution in [0.2, 0.25) is 0 Å². The van der Waals surface area contributed by atoms with Crippen LogP contribution < -0.4 is 20.3 Å². The van der Waals surface area contributed by atoms with E-state index in [1.165, 1.54) is 36.8 Å². The van der Waals surface area contributed by atoms with E-state index in [9.17, 15) is 0 Å². The van der Waals surface area contributed by atoms with E-state index in [2.05, 4.69) is 60.0 Å². The number of ether oxygens (including phenoxy) is 1. The van der Waals surface area contributed by atoms with Gasteiger partial charge in [0.25, 0.3) is 0 Å². The number of anilines is 2. The van der Waals surface area contributed by atoms with Crippen molar-refractivity contribution in [2.75, 3.05) is 44.0 Å². The molecule has 0 saturated heterocycles. The average Bonchev–Trinajstić information content (AvgIpc) is 2.82. The van der Waals surface area contributed by atoms with E-state index < -0.39 is 0 Å². The van der Waals surface area contributed by atoms with Gasteiger partial charge in [-0.25, -0.2) is 4.98 Å². The van der Waals surface area contributed by atoms with Crippen molar-refractivity contribution in [2.24, 2.45) is 5.92 Å². The average molecular weight is 433 g/mol. The predicted molar refractivity (Wildman–Crippen MR) is 135 cm³/mol. The lowest BCUT2D eigenvalue weighted by Gasteiger charge is -2.30. The summed E-state index contributed by atoms with van der Waals surface area (Å²) in [4.78, 5) is 7.04. The van der Waals surface area contributed by atoms with Gasteiger partial charge in [-0.1, -0.05) is 36.4 Å². The van der Waals surface area contributed by atoms with E-state index in [1.54, 1.807) is 0 Å². The molecule has 1 fully saturated rings. The Labute approximate surface area is 192 Å². The molecule has 0 aliphatic heterocycles. The summed E-state index contributed by atoms with van der Waals surface area (Å²) in [6.07, 6.45) is 5.97. The van der Waals surface area contributed by atoms with Crippen LogP contribution in [0.1, 0.15) is 32.1 Å². The molecule has 0 unspecified atom stereocenters. The van der Waals surface area contributed by atoms with Gasteiger partial charge in [0.05, 0.1) is 12.1 Å². The normalized spacial score (nSPS) is 18.4.